The van der Waals surface area contributed by atoms with Crippen LogP contribution in [0.2, 0.25) is 5.02 Å². The van der Waals surface area contributed by atoms with Crippen LogP contribution >= 0.6 is 11.6 Å². The fourth-order valence-corrected chi connectivity index (χ4v) is 1.46. The third-order valence-electron chi connectivity index (χ3n) is 2.02. The third kappa shape index (κ3) is 2.17. The molecule has 0 aliphatic heterocycles. The summed E-state index contributed by atoms with van der Waals surface area (Å²) in [4.78, 5) is 11.7. The molecule has 0 unspecified atom stereocenters. The van der Waals surface area contributed by atoms with Crippen molar-refractivity contribution < 1.29 is 9.21 Å². The van der Waals surface area contributed by atoms with Crippen molar-refractivity contribution in [3.63, 3.8) is 0 Å². The summed E-state index contributed by atoms with van der Waals surface area (Å²) in [6, 6.07) is 6.46. The van der Waals surface area contributed by atoms with E-state index in [0.717, 1.165) is 0 Å². The number of anilines is 2. The van der Waals surface area contributed by atoms with E-state index in [2.05, 4.69) is 5.32 Å². The molecule has 3 N–H and O–H groups in total. The number of benzene rings is 1. The molecule has 2 rings (SSSR count). The van der Waals surface area contributed by atoms with Gasteiger partial charge in [0.05, 0.1) is 22.5 Å². The summed E-state index contributed by atoms with van der Waals surface area (Å²) in [5.41, 5.74) is 7.04. The lowest BCUT2D eigenvalue weighted by atomic mass is 10.2. The molecule has 0 aliphatic rings. The number of hydrogen-bond acceptors (Lipinski definition) is 3. The van der Waals surface area contributed by atoms with Crippen LogP contribution in [0, 0.1) is 0 Å². The Kier molecular flexibility index (Phi) is 2.83. The average molecular weight is 237 g/mol. The second-order valence-corrected chi connectivity index (χ2v) is 3.61. The average Bonchev–Trinajstić information content (AvgIpc) is 2.75. The first-order valence-electron chi connectivity index (χ1n) is 4.55. The predicted octanol–water partition coefficient (Wildman–Crippen LogP) is 2.77. The van der Waals surface area contributed by atoms with Crippen LogP contribution in [0.25, 0.3) is 0 Å². The molecule has 0 atom stereocenters. The highest BCUT2D eigenvalue weighted by molar-refractivity contribution is 6.34. The number of nitrogen functional groups attached to an aromatic ring is 1. The SMILES string of the molecule is Nc1ccc(NC(=O)c2ccoc2)c(Cl)c1. The van der Waals surface area contributed by atoms with Gasteiger partial charge in [-0.05, 0) is 24.3 Å². The molecule has 4 nitrogen and oxygen atoms in total. The minimum absolute atomic E-state index is 0.277. The largest absolute Gasteiger partial charge is 0.472 e. The number of halogens is 1. The molecule has 0 saturated carbocycles. The summed E-state index contributed by atoms with van der Waals surface area (Å²) in [6.07, 6.45) is 2.79. The topological polar surface area (TPSA) is 68.3 Å². The zero-order chi connectivity index (χ0) is 11.5. The van der Waals surface area contributed by atoms with E-state index in [4.69, 9.17) is 21.8 Å². The summed E-state index contributed by atoms with van der Waals surface area (Å²) in [5.74, 6) is -0.277. The third-order valence-corrected chi connectivity index (χ3v) is 2.34. The Morgan fingerprint density at radius 2 is 2.19 bits per heavy atom. The predicted molar refractivity (Wildman–Crippen MR) is 62.5 cm³/mol. The zero-order valence-corrected chi connectivity index (χ0v) is 8.99. The molecule has 2 aromatic rings. The van der Waals surface area contributed by atoms with Crippen molar-refractivity contribution in [3.05, 3.63) is 47.4 Å². The Hall–Kier alpha value is -1.94. The Balaban J connectivity index is 2.18. The van der Waals surface area contributed by atoms with E-state index in [-0.39, 0.29) is 5.91 Å². The number of furan rings is 1. The van der Waals surface area contributed by atoms with E-state index in [9.17, 15) is 4.79 Å². The van der Waals surface area contributed by atoms with Gasteiger partial charge in [0, 0.05) is 5.69 Å². The van der Waals surface area contributed by atoms with E-state index in [1.54, 1.807) is 24.3 Å². The van der Waals surface area contributed by atoms with Gasteiger partial charge in [-0.3, -0.25) is 4.79 Å². The normalized spacial score (nSPS) is 10.1. The summed E-state index contributed by atoms with van der Waals surface area (Å²) in [5, 5.41) is 3.05. The van der Waals surface area contributed by atoms with Crippen molar-refractivity contribution in [1.82, 2.24) is 0 Å². The highest BCUT2D eigenvalue weighted by Crippen LogP contribution is 2.24. The molecule has 5 heteroatoms. The van der Waals surface area contributed by atoms with Crippen LogP contribution < -0.4 is 11.1 Å². The molecule has 0 aliphatic carbocycles. The maximum atomic E-state index is 11.7. The Labute approximate surface area is 97.0 Å². The molecule has 0 fully saturated rings. The van der Waals surface area contributed by atoms with E-state index >= 15 is 0 Å². The second-order valence-electron chi connectivity index (χ2n) is 3.21. The van der Waals surface area contributed by atoms with Gasteiger partial charge in [0.2, 0.25) is 0 Å². The molecule has 1 amide bonds. The van der Waals surface area contributed by atoms with E-state index in [1.165, 1.54) is 12.5 Å². The number of nitrogens with one attached hydrogen (secondary N) is 1. The van der Waals surface area contributed by atoms with Crippen LogP contribution in [0.15, 0.2) is 41.2 Å². The standard InChI is InChI=1S/C11H9ClN2O2/c12-9-5-8(13)1-2-10(9)14-11(15)7-3-4-16-6-7/h1-6H,13H2,(H,14,15). The fraction of sp³-hybridized carbons (Fsp3) is 0. The van der Waals surface area contributed by atoms with Gasteiger partial charge in [-0.1, -0.05) is 11.6 Å². The zero-order valence-electron chi connectivity index (χ0n) is 8.24. The van der Waals surface area contributed by atoms with Crippen LogP contribution in [0.1, 0.15) is 10.4 Å². The Bertz CT molecular complexity index is 509. The molecule has 1 aromatic carbocycles. The highest BCUT2D eigenvalue weighted by atomic mass is 35.5. The van der Waals surface area contributed by atoms with Gasteiger partial charge in [-0.25, -0.2) is 0 Å². The van der Waals surface area contributed by atoms with Crippen LogP contribution in [-0.4, -0.2) is 5.91 Å². The van der Waals surface area contributed by atoms with Gasteiger partial charge < -0.3 is 15.5 Å². The molecule has 1 aromatic heterocycles. The van der Waals surface area contributed by atoms with Crippen LogP contribution in [-0.2, 0) is 0 Å². The quantitative estimate of drug-likeness (QED) is 0.788. The maximum Gasteiger partial charge on any atom is 0.258 e. The smallest absolute Gasteiger partial charge is 0.258 e. The summed E-state index contributed by atoms with van der Waals surface area (Å²) in [7, 11) is 0. The molecule has 1 heterocycles. The molecule has 82 valence electrons. The first-order chi connectivity index (χ1) is 7.66. The summed E-state index contributed by atoms with van der Waals surface area (Å²) < 4.78 is 4.81. The number of carbonyl (C=O) groups is 1. The van der Waals surface area contributed by atoms with Gasteiger partial charge in [0.1, 0.15) is 6.26 Å². The molecule has 0 saturated heterocycles. The van der Waals surface area contributed by atoms with Crippen molar-refractivity contribution in [2.24, 2.45) is 0 Å². The molecular weight excluding hydrogens is 228 g/mol. The molecule has 0 radical (unpaired) electrons. The maximum absolute atomic E-state index is 11.7. The Morgan fingerprint density at radius 1 is 1.38 bits per heavy atom. The molecule has 16 heavy (non-hydrogen) atoms. The minimum Gasteiger partial charge on any atom is -0.472 e. The number of amides is 1. The lowest BCUT2D eigenvalue weighted by Crippen LogP contribution is -2.11. The van der Waals surface area contributed by atoms with E-state index < -0.39 is 0 Å². The van der Waals surface area contributed by atoms with Crippen LogP contribution in [0.3, 0.4) is 0 Å². The number of nitrogens with two attached hydrogens (primary N) is 1. The monoisotopic (exact) mass is 236 g/mol. The van der Waals surface area contributed by atoms with Gasteiger partial charge in [0.25, 0.3) is 5.91 Å². The van der Waals surface area contributed by atoms with Crippen molar-refractivity contribution in [3.8, 4) is 0 Å². The lowest BCUT2D eigenvalue weighted by Gasteiger charge is -2.06. The summed E-state index contributed by atoms with van der Waals surface area (Å²) >= 11 is 5.92. The van der Waals surface area contributed by atoms with Crippen molar-refractivity contribution in [1.29, 1.82) is 0 Å². The van der Waals surface area contributed by atoms with Crippen LogP contribution in [0.4, 0.5) is 11.4 Å². The molecular formula is C11H9ClN2O2. The van der Waals surface area contributed by atoms with E-state index in [0.29, 0.717) is 22.0 Å². The number of rotatable bonds is 2. The van der Waals surface area contributed by atoms with Crippen molar-refractivity contribution >= 4 is 28.9 Å². The number of hydrogen-bond donors (Lipinski definition) is 2. The second kappa shape index (κ2) is 4.28. The van der Waals surface area contributed by atoms with Crippen molar-refractivity contribution in [2.45, 2.75) is 0 Å². The first kappa shape index (κ1) is 10.6. The van der Waals surface area contributed by atoms with Crippen LogP contribution in [0.5, 0.6) is 0 Å². The molecule has 0 bridgehead atoms. The minimum atomic E-state index is -0.277. The molecule has 0 spiro atoms. The highest BCUT2D eigenvalue weighted by Gasteiger charge is 2.09. The van der Waals surface area contributed by atoms with Gasteiger partial charge in [-0.2, -0.15) is 0 Å². The van der Waals surface area contributed by atoms with Gasteiger partial charge >= 0.3 is 0 Å². The number of carbonyl (C=O) groups excluding carboxylic acids is 1. The first-order valence-corrected chi connectivity index (χ1v) is 4.93. The lowest BCUT2D eigenvalue weighted by molar-refractivity contribution is 0.102. The summed E-state index contributed by atoms with van der Waals surface area (Å²) in [6.45, 7) is 0. The van der Waals surface area contributed by atoms with Crippen molar-refractivity contribution in [2.75, 3.05) is 11.1 Å². The Morgan fingerprint density at radius 3 is 2.81 bits per heavy atom. The fourth-order valence-electron chi connectivity index (χ4n) is 1.22. The van der Waals surface area contributed by atoms with E-state index in [1.807, 2.05) is 0 Å². The van der Waals surface area contributed by atoms with Gasteiger partial charge in [-0.15, -0.1) is 0 Å². The van der Waals surface area contributed by atoms with Gasteiger partial charge in [0.15, 0.2) is 0 Å².